The van der Waals surface area contributed by atoms with Crippen molar-refractivity contribution in [1.29, 1.82) is 0 Å². The van der Waals surface area contributed by atoms with E-state index in [1.165, 1.54) is 29.1 Å². The van der Waals surface area contributed by atoms with Gasteiger partial charge in [-0.1, -0.05) is 47.7 Å². The van der Waals surface area contributed by atoms with Crippen molar-refractivity contribution in [1.82, 2.24) is 15.0 Å². The number of sulfone groups is 1. The summed E-state index contributed by atoms with van der Waals surface area (Å²) in [7, 11) is -4.86. The number of para-hydroxylation sites is 1. The molecule has 7 nitrogen and oxygen atoms in total. The number of rotatable bonds is 6. The maximum absolute atomic E-state index is 12.8. The molecule has 0 unspecified atom stereocenters. The van der Waals surface area contributed by atoms with Crippen LogP contribution >= 0.6 is 0 Å². The zero-order valence-electron chi connectivity index (χ0n) is 13.8. The van der Waals surface area contributed by atoms with Gasteiger partial charge < -0.3 is 5.32 Å². The lowest BCUT2D eigenvalue weighted by molar-refractivity contribution is 0.102. The zero-order valence-corrected chi connectivity index (χ0v) is 14.6. The number of carbonyl (C=O) groups is 1. The van der Waals surface area contributed by atoms with Gasteiger partial charge in [-0.25, -0.2) is 13.1 Å². The molecule has 27 heavy (non-hydrogen) atoms. The third kappa shape index (κ3) is 4.17. The molecule has 0 saturated carbocycles. The molecule has 0 spiro atoms. The fourth-order valence-electron chi connectivity index (χ4n) is 2.35. The molecule has 0 aliphatic carbocycles. The second-order valence-corrected chi connectivity index (χ2v) is 7.43. The molecule has 0 atom stereocenters. The second kappa shape index (κ2) is 7.62. The fourth-order valence-corrected chi connectivity index (χ4v) is 3.24. The van der Waals surface area contributed by atoms with E-state index in [1.54, 1.807) is 0 Å². The van der Waals surface area contributed by atoms with Gasteiger partial charge in [0.1, 0.15) is 0 Å². The first-order valence-electron chi connectivity index (χ1n) is 7.74. The predicted octanol–water partition coefficient (Wildman–Crippen LogP) is 2.58. The van der Waals surface area contributed by atoms with Crippen LogP contribution in [0.1, 0.15) is 16.1 Å². The van der Waals surface area contributed by atoms with E-state index in [-0.39, 0.29) is 11.4 Å². The number of nitrogens with zero attached hydrogens (tertiary/aromatic N) is 3. The molecule has 0 aliphatic rings. The zero-order chi connectivity index (χ0) is 19.4. The Morgan fingerprint density at radius 2 is 1.74 bits per heavy atom. The maximum atomic E-state index is 12.8. The van der Waals surface area contributed by atoms with E-state index < -0.39 is 26.4 Å². The van der Waals surface area contributed by atoms with Crippen LogP contribution in [0.4, 0.5) is 14.5 Å². The highest BCUT2D eigenvalue weighted by Gasteiger charge is 2.29. The van der Waals surface area contributed by atoms with Crippen LogP contribution in [-0.4, -0.2) is 35.1 Å². The van der Waals surface area contributed by atoms with Crippen molar-refractivity contribution in [2.75, 3.05) is 5.32 Å². The highest BCUT2D eigenvalue weighted by Crippen LogP contribution is 2.26. The fraction of sp³-hybridized carbons (Fsp3) is 0.118. The van der Waals surface area contributed by atoms with Crippen LogP contribution in [0.3, 0.4) is 0 Å². The summed E-state index contributed by atoms with van der Waals surface area (Å²) in [4.78, 5) is 11.7. The van der Waals surface area contributed by atoms with E-state index in [9.17, 15) is 22.0 Å². The van der Waals surface area contributed by atoms with Crippen molar-refractivity contribution in [3.8, 4) is 0 Å². The number of nitrogens with one attached hydrogen (secondary N) is 1. The molecule has 1 heterocycles. The lowest BCUT2D eigenvalue weighted by Crippen LogP contribution is -2.18. The Morgan fingerprint density at radius 1 is 1.07 bits per heavy atom. The third-order valence-electron chi connectivity index (χ3n) is 3.64. The van der Waals surface area contributed by atoms with Gasteiger partial charge in [-0.15, -0.1) is 5.10 Å². The Balaban J connectivity index is 1.79. The summed E-state index contributed by atoms with van der Waals surface area (Å²) in [6.07, 6.45) is 1.38. The van der Waals surface area contributed by atoms with Crippen LogP contribution in [0, 0.1) is 0 Å². The van der Waals surface area contributed by atoms with E-state index in [0.29, 0.717) is 6.54 Å². The smallest absolute Gasteiger partial charge is 0.319 e. The SMILES string of the molecule is O=C(Nc1ccccc1S(=O)(=O)C(F)F)c1cn(Cc2ccccc2)nn1. The Bertz CT molecular complexity index is 1050. The number of amides is 1. The van der Waals surface area contributed by atoms with Crippen molar-refractivity contribution >= 4 is 21.4 Å². The number of carbonyl (C=O) groups excluding carboxylic acids is 1. The minimum Gasteiger partial charge on any atom is -0.319 e. The van der Waals surface area contributed by atoms with Crippen LogP contribution < -0.4 is 5.32 Å². The van der Waals surface area contributed by atoms with Crippen LogP contribution in [0.5, 0.6) is 0 Å². The van der Waals surface area contributed by atoms with E-state index >= 15 is 0 Å². The molecule has 0 bridgehead atoms. The average molecular weight is 392 g/mol. The molecule has 0 aliphatic heterocycles. The number of anilines is 1. The summed E-state index contributed by atoms with van der Waals surface area (Å²) in [5, 5.41) is 9.88. The molecule has 3 aromatic rings. The molecule has 2 aromatic carbocycles. The van der Waals surface area contributed by atoms with Crippen LogP contribution in [0.15, 0.2) is 65.7 Å². The highest BCUT2D eigenvalue weighted by atomic mass is 32.2. The van der Waals surface area contributed by atoms with Gasteiger partial charge >= 0.3 is 5.76 Å². The number of halogens is 2. The minimum atomic E-state index is -4.86. The first kappa shape index (κ1) is 18.6. The Kier molecular flexibility index (Phi) is 5.26. The van der Waals surface area contributed by atoms with Gasteiger partial charge in [0.2, 0.25) is 9.84 Å². The molecule has 140 valence electrons. The standard InChI is InChI=1S/C17H14F2N4O3S/c18-17(19)27(25,26)15-9-5-4-8-13(15)20-16(24)14-11-23(22-21-14)10-12-6-2-1-3-7-12/h1-9,11,17H,10H2,(H,20,24). The van der Waals surface area contributed by atoms with Gasteiger partial charge in [0.25, 0.3) is 5.91 Å². The van der Waals surface area contributed by atoms with E-state index in [1.807, 2.05) is 30.3 Å². The lowest BCUT2D eigenvalue weighted by Gasteiger charge is -2.10. The number of hydrogen-bond donors (Lipinski definition) is 1. The summed E-state index contributed by atoms with van der Waals surface area (Å²) in [5.41, 5.74) is 0.623. The van der Waals surface area contributed by atoms with Gasteiger partial charge in [0, 0.05) is 0 Å². The molecule has 0 saturated heterocycles. The van der Waals surface area contributed by atoms with Gasteiger partial charge in [0.15, 0.2) is 5.69 Å². The topological polar surface area (TPSA) is 94.0 Å². The normalized spacial score (nSPS) is 11.5. The van der Waals surface area contributed by atoms with Gasteiger partial charge in [-0.05, 0) is 17.7 Å². The monoisotopic (exact) mass is 392 g/mol. The molecule has 1 aromatic heterocycles. The Labute approximate surface area is 153 Å². The van der Waals surface area contributed by atoms with Crippen LogP contribution in [0.25, 0.3) is 0 Å². The van der Waals surface area contributed by atoms with Crippen molar-refractivity contribution in [3.63, 3.8) is 0 Å². The van der Waals surface area contributed by atoms with Crippen molar-refractivity contribution in [3.05, 3.63) is 72.1 Å². The molecule has 3 rings (SSSR count). The van der Waals surface area contributed by atoms with Gasteiger partial charge in [-0.3, -0.25) is 4.79 Å². The summed E-state index contributed by atoms with van der Waals surface area (Å²) in [6.45, 7) is 0.386. The quantitative estimate of drug-likeness (QED) is 0.696. The average Bonchev–Trinajstić information content (AvgIpc) is 3.11. The second-order valence-electron chi connectivity index (χ2n) is 5.54. The molecular weight excluding hydrogens is 378 g/mol. The molecule has 1 amide bonds. The Morgan fingerprint density at radius 3 is 2.44 bits per heavy atom. The summed E-state index contributed by atoms with van der Waals surface area (Å²) in [5.74, 6) is -4.35. The third-order valence-corrected chi connectivity index (χ3v) is 5.07. The molecule has 0 radical (unpaired) electrons. The summed E-state index contributed by atoms with van der Waals surface area (Å²) < 4.78 is 50.6. The van der Waals surface area contributed by atoms with Gasteiger partial charge in [0.05, 0.1) is 23.3 Å². The highest BCUT2D eigenvalue weighted by molar-refractivity contribution is 7.91. The van der Waals surface area contributed by atoms with Crippen LogP contribution in [0.2, 0.25) is 0 Å². The summed E-state index contributed by atoms with van der Waals surface area (Å²) in [6, 6.07) is 14.3. The van der Waals surface area contributed by atoms with E-state index in [4.69, 9.17) is 0 Å². The summed E-state index contributed by atoms with van der Waals surface area (Å²) >= 11 is 0. The lowest BCUT2D eigenvalue weighted by atomic mass is 10.2. The molecule has 10 heteroatoms. The Hall–Kier alpha value is -3.14. The van der Waals surface area contributed by atoms with Gasteiger partial charge in [-0.2, -0.15) is 8.78 Å². The van der Waals surface area contributed by atoms with Crippen molar-refractivity contribution < 1.29 is 22.0 Å². The predicted molar refractivity (Wildman–Crippen MR) is 93.2 cm³/mol. The number of benzene rings is 2. The van der Waals surface area contributed by atoms with E-state index in [2.05, 4.69) is 15.6 Å². The van der Waals surface area contributed by atoms with Crippen molar-refractivity contribution in [2.24, 2.45) is 0 Å². The van der Waals surface area contributed by atoms with Crippen LogP contribution in [-0.2, 0) is 16.4 Å². The van der Waals surface area contributed by atoms with Crippen molar-refractivity contribution in [2.45, 2.75) is 17.2 Å². The number of aromatic nitrogens is 3. The molecule has 1 N–H and O–H groups in total. The molecule has 0 fully saturated rings. The number of hydrogen-bond acceptors (Lipinski definition) is 5. The maximum Gasteiger partial charge on any atom is 0.341 e. The first-order valence-corrected chi connectivity index (χ1v) is 9.29. The minimum absolute atomic E-state index is 0.0739. The number of alkyl halides is 2. The first-order chi connectivity index (χ1) is 12.9. The largest absolute Gasteiger partial charge is 0.341 e. The molecular formula is C17H14F2N4O3S. The van der Waals surface area contributed by atoms with E-state index in [0.717, 1.165) is 11.6 Å².